The number of rotatable bonds is 2. The molecule has 3 aromatic rings. The number of hydroxylamine groups is 2. The minimum Gasteiger partial charge on any atom is -0.322 e. The summed E-state index contributed by atoms with van der Waals surface area (Å²) in [6, 6.07) is 7.47. The second-order valence-corrected chi connectivity index (χ2v) is 5.46. The van der Waals surface area contributed by atoms with Crippen LogP contribution in [0.3, 0.4) is 0 Å². The highest BCUT2D eigenvalue weighted by Gasteiger charge is 2.39. The first-order chi connectivity index (χ1) is 12.8. The van der Waals surface area contributed by atoms with Crippen LogP contribution in [0.1, 0.15) is 36.9 Å². The summed E-state index contributed by atoms with van der Waals surface area (Å²) >= 11 is 0. The zero-order valence-electron chi connectivity index (χ0n) is 13.1. The number of fused-ring (bicyclic) bond motifs is 2. The fraction of sp³-hybridized carbons (Fsp3) is 0.0625. The molecule has 0 aliphatic carbocycles. The van der Waals surface area contributed by atoms with Gasteiger partial charge in [0.1, 0.15) is 5.69 Å². The van der Waals surface area contributed by atoms with Gasteiger partial charge in [-0.15, -0.1) is 0 Å². The van der Waals surface area contributed by atoms with Gasteiger partial charge < -0.3 is 4.84 Å². The summed E-state index contributed by atoms with van der Waals surface area (Å²) in [5.74, 6) is -2.99. The zero-order valence-corrected chi connectivity index (χ0v) is 13.1. The summed E-state index contributed by atoms with van der Waals surface area (Å²) < 4.78 is 39.5. The Balaban J connectivity index is 1.65. The van der Waals surface area contributed by atoms with Crippen LogP contribution in [-0.4, -0.2) is 37.4 Å². The molecule has 136 valence electrons. The van der Waals surface area contributed by atoms with Crippen LogP contribution in [0.15, 0.2) is 42.6 Å². The fourth-order valence-corrected chi connectivity index (χ4v) is 2.59. The Morgan fingerprint density at radius 1 is 1.04 bits per heavy atom. The second kappa shape index (κ2) is 5.62. The number of amides is 2. The van der Waals surface area contributed by atoms with E-state index in [4.69, 9.17) is 4.84 Å². The van der Waals surface area contributed by atoms with Crippen LogP contribution in [-0.2, 0) is 11.0 Å². The summed E-state index contributed by atoms with van der Waals surface area (Å²) in [7, 11) is 0. The number of carbonyl (C=O) groups is 3. The van der Waals surface area contributed by atoms with Gasteiger partial charge in [-0.1, -0.05) is 17.2 Å². The molecule has 27 heavy (non-hydrogen) atoms. The number of aromatic nitrogens is 3. The molecule has 4 rings (SSSR count). The van der Waals surface area contributed by atoms with Crippen LogP contribution >= 0.6 is 0 Å². The van der Waals surface area contributed by atoms with E-state index in [1.54, 1.807) is 0 Å². The van der Waals surface area contributed by atoms with E-state index < -0.39 is 35.3 Å². The quantitative estimate of drug-likeness (QED) is 0.636. The molecule has 2 amide bonds. The third-order valence-corrected chi connectivity index (χ3v) is 3.79. The zero-order chi connectivity index (χ0) is 19.3. The smallest absolute Gasteiger partial charge is 0.322 e. The molecule has 0 saturated carbocycles. The molecular weight excluding hydrogens is 369 g/mol. The van der Waals surface area contributed by atoms with Crippen LogP contribution in [0.2, 0.25) is 0 Å². The summed E-state index contributed by atoms with van der Waals surface area (Å²) in [6.07, 6.45) is -3.81. The van der Waals surface area contributed by atoms with Gasteiger partial charge in [0.15, 0.2) is 11.3 Å². The van der Waals surface area contributed by atoms with Crippen molar-refractivity contribution in [2.45, 2.75) is 6.18 Å². The summed E-state index contributed by atoms with van der Waals surface area (Å²) in [5.41, 5.74) is -1.85. The first-order valence-corrected chi connectivity index (χ1v) is 7.39. The maximum Gasteiger partial charge on any atom is 0.433 e. The van der Waals surface area contributed by atoms with Crippen LogP contribution in [0, 0.1) is 0 Å². The number of hydrogen-bond donors (Lipinski definition) is 0. The third-order valence-electron chi connectivity index (χ3n) is 3.79. The number of benzene rings is 1. The van der Waals surface area contributed by atoms with E-state index in [0.29, 0.717) is 10.6 Å². The van der Waals surface area contributed by atoms with Gasteiger partial charge in [-0.25, -0.2) is 14.3 Å². The fourth-order valence-electron chi connectivity index (χ4n) is 2.59. The van der Waals surface area contributed by atoms with Crippen molar-refractivity contribution in [1.82, 2.24) is 19.7 Å². The molecule has 3 heterocycles. The van der Waals surface area contributed by atoms with E-state index in [9.17, 15) is 27.6 Å². The van der Waals surface area contributed by atoms with Crippen molar-refractivity contribution in [3.8, 4) is 0 Å². The standard InChI is InChI=1S/C16H7F3N4O4/c17-16(18,19)11-5-6-20-12-7-10(21-22(11)12)15(26)27-23-13(24)8-3-1-2-4-9(8)14(23)25/h1-7H. The average molecular weight is 376 g/mol. The molecule has 1 aliphatic heterocycles. The van der Waals surface area contributed by atoms with Crippen molar-refractivity contribution in [3.05, 3.63) is 65.1 Å². The number of imide groups is 1. The van der Waals surface area contributed by atoms with Crippen LogP contribution in [0.25, 0.3) is 5.65 Å². The first kappa shape index (κ1) is 16.7. The molecule has 0 N–H and O–H groups in total. The molecule has 11 heteroatoms. The highest BCUT2D eigenvalue weighted by Crippen LogP contribution is 2.29. The topological polar surface area (TPSA) is 93.9 Å². The minimum absolute atomic E-state index is 0.0475. The molecule has 0 saturated heterocycles. The average Bonchev–Trinajstić information content (AvgIpc) is 3.16. The number of nitrogens with zero attached hydrogens (tertiary/aromatic N) is 4. The van der Waals surface area contributed by atoms with E-state index in [0.717, 1.165) is 12.3 Å². The van der Waals surface area contributed by atoms with Crippen LogP contribution in [0.4, 0.5) is 13.2 Å². The van der Waals surface area contributed by atoms with Crippen molar-refractivity contribution < 1.29 is 32.4 Å². The molecule has 1 aliphatic rings. The molecule has 2 aromatic heterocycles. The molecule has 0 fully saturated rings. The lowest BCUT2D eigenvalue weighted by Gasteiger charge is -2.11. The van der Waals surface area contributed by atoms with E-state index in [2.05, 4.69) is 10.1 Å². The van der Waals surface area contributed by atoms with Crippen LogP contribution in [0.5, 0.6) is 0 Å². The van der Waals surface area contributed by atoms with Gasteiger partial charge in [-0.2, -0.15) is 18.3 Å². The normalized spacial score (nSPS) is 14.0. The van der Waals surface area contributed by atoms with E-state index in [1.165, 1.54) is 24.3 Å². The number of alkyl halides is 3. The van der Waals surface area contributed by atoms with Gasteiger partial charge in [0, 0.05) is 12.3 Å². The third kappa shape index (κ3) is 2.60. The van der Waals surface area contributed by atoms with Crippen molar-refractivity contribution in [2.75, 3.05) is 0 Å². The van der Waals surface area contributed by atoms with Gasteiger partial charge in [0.2, 0.25) is 0 Å². The van der Waals surface area contributed by atoms with E-state index in [1.807, 2.05) is 0 Å². The Bertz CT molecular complexity index is 1090. The summed E-state index contributed by atoms with van der Waals surface area (Å²) in [5, 5.41) is 3.78. The van der Waals surface area contributed by atoms with E-state index in [-0.39, 0.29) is 21.8 Å². The lowest BCUT2D eigenvalue weighted by atomic mass is 10.1. The van der Waals surface area contributed by atoms with Crippen molar-refractivity contribution in [2.24, 2.45) is 0 Å². The lowest BCUT2D eigenvalue weighted by Crippen LogP contribution is -2.32. The number of hydrogen-bond acceptors (Lipinski definition) is 6. The Hall–Kier alpha value is -3.76. The second-order valence-electron chi connectivity index (χ2n) is 5.46. The maximum absolute atomic E-state index is 13.0. The largest absolute Gasteiger partial charge is 0.433 e. The molecule has 0 spiro atoms. The van der Waals surface area contributed by atoms with Gasteiger partial charge in [0.25, 0.3) is 11.8 Å². The Labute approximate surface area is 147 Å². The molecular formula is C16H7F3N4O4. The first-order valence-electron chi connectivity index (χ1n) is 7.39. The molecule has 8 nitrogen and oxygen atoms in total. The minimum atomic E-state index is -4.73. The Morgan fingerprint density at radius 2 is 1.67 bits per heavy atom. The molecule has 1 aromatic carbocycles. The molecule has 0 atom stereocenters. The SMILES string of the molecule is O=C(ON1C(=O)c2ccccc2C1=O)c1cc2nccc(C(F)(F)F)n2n1. The predicted octanol–water partition coefficient (Wildman–Crippen LogP) is 2.12. The summed E-state index contributed by atoms with van der Waals surface area (Å²) in [4.78, 5) is 45.0. The lowest BCUT2D eigenvalue weighted by molar-refractivity contribution is -0.142. The predicted molar refractivity (Wildman–Crippen MR) is 80.3 cm³/mol. The molecule has 0 radical (unpaired) electrons. The van der Waals surface area contributed by atoms with Gasteiger partial charge >= 0.3 is 12.1 Å². The highest BCUT2D eigenvalue weighted by atomic mass is 19.4. The van der Waals surface area contributed by atoms with Crippen molar-refractivity contribution in [3.63, 3.8) is 0 Å². The molecule has 0 bridgehead atoms. The monoisotopic (exact) mass is 376 g/mol. The van der Waals surface area contributed by atoms with Crippen molar-refractivity contribution in [1.29, 1.82) is 0 Å². The highest BCUT2D eigenvalue weighted by molar-refractivity contribution is 6.21. The van der Waals surface area contributed by atoms with Gasteiger partial charge in [-0.05, 0) is 18.2 Å². The Kier molecular flexibility index (Phi) is 3.48. The maximum atomic E-state index is 13.0. The molecule has 0 unspecified atom stereocenters. The van der Waals surface area contributed by atoms with Gasteiger partial charge in [-0.3, -0.25) is 9.59 Å². The Morgan fingerprint density at radius 3 is 2.26 bits per heavy atom. The van der Waals surface area contributed by atoms with Gasteiger partial charge in [0.05, 0.1) is 11.1 Å². The summed E-state index contributed by atoms with van der Waals surface area (Å²) in [6.45, 7) is 0. The number of carbonyl (C=O) groups excluding carboxylic acids is 3. The number of halogens is 3. The van der Waals surface area contributed by atoms with E-state index >= 15 is 0 Å². The van der Waals surface area contributed by atoms with Crippen molar-refractivity contribution >= 4 is 23.4 Å². The van der Waals surface area contributed by atoms with Crippen LogP contribution < -0.4 is 0 Å².